The molecular weight excluding hydrogens is 250 g/mol. The van der Waals surface area contributed by atoms with Gasteiger partial charge in [0.2, 0.25) is 0 Å². The number of aromatic nitrogens is 2. The highest BCUT2D eigenvalue weighted by molar-refractivity contribution is 5.40. The molecule has 0 aromatic carbocycles. The zero-order valence-electron chi connectivity index (χ0n) is 12.7. The molecule has 1 saturated carbocycles. The lowest BCUT2D eigenvalue weighted by atomic mass is 9.77. The van der Waals surface area contributed by atoms with Crippen molar-refractivity contribution >= 4 is 5.82 Å². The van der Waals surface area contributed by atoms with E-state index in [1.807, 2.05) is 6.92 Å². The first-order valence-electron chi connectivity index (χ1n) is 7.79. The Kier molecular flexibility index (Phi) is 3.92. The number of ether oxygens (including phenoxy) is 1. The van der Waals surface area contributed by atoms with Crippen molar-refractivity contribution in [3.8, 4) is 0 Å². The summed E-state index contributed by atoms with van der Waals surface area (Å²) in [6.45, 7) is 4.81. The van der Waals surface area contributed by atoms with E-state index in [4.69, 9.17) is 4.74 Å². The molecule has 0 radical (unpaired) electrons. The number of rotatable bonds is 3. The fourth-order valence-electron chi connectivity index (χ4n) is 3.80. The number of anilines is 1. The highest BCUT2D eigenvalue weighted by atomic mass is 16.5. The first kappa shape index (κ1) is 13.8. The molecule has 1 aromatic heterocycles. The van der Waals surface area contributed by atoms with Gasteiger partial charge < -0.3 is 9.64 Å². The zero-order chi connectivity index (χ0) is 14.0. The van der Waals surface area contributed by atoms with Crippen LogP contribution in [-0.4, -0.2) is 30.2 Å². The number of piperidine rings is 1. The molecule has 2 fully saturated rings. The third-order valence-corrected chi connectivity index (χ3v) is 4.97. The Labute approximate surface area is 121 Å². The summed E-state index contributed by atoms with van der Waals surface area (Å²) in [5.41, 5.74) is 1.69. The number of hydrogen-bond donors (Lipinski definition) is 0. The van der Waals surface area contributed by atoms with Crippen molar-refractivity contribution < 1.29 is 4.74 Å². The molecule has 2 heterocycles. The lowest BCUT2D eigenvalue weighted by Crippen LogP contribution is -2.39. The van der Waals surface area contributed by atoms with E-state index in [0.717, 1.165) is 30.4 Å². The van der Waals surface area contributed by atoms with Crippen molar-refractivity contribution in [2.75, 3.05) is 25.1 Å². The second-order valence-electron chi connectivity index (χ2n) is 6.41. The fraction of sp³-hybridized carbons (Fsp3) is 0.750. The Morgan fingerprint density at radius 3 is 2.50 bits per heavy atom. The molecule has 0 N–H and O–H groups in total. The zero-order valence-corrected chi connectivity index (χ0v) is 12.7. The minimum atomic E-state index is 0.493. The monoisotopic (exact) mass is 275 g/mol. The van der Waals surface area contributed by atoms with Gasteiger partial charge in [-0.25, -0.2) is 9.97 Å². The van der Waals surface area contributed by atoms with Crippen LogP contribution in [0.4, 0.5) is 5.82 Å². The second-order valence-corrected chi connectivity index (χ2v) is 6.41. The van der Waals surface area contributed by atoms with E-state index >= 15 is 0 Å². The van der Waals surface area contributed by atoms with E-state index in [0.29, 0.717) is 12.0 Å². The number of methoxy groups -OCH3 is 1. The molecule has 110 valence electrons. The maximum absolute atomic E-state index is 5.16. The van der Waals surface area contributed by atoms with Crippen LogP contribution in [0.3, 0.4) is 0 Å². The van der Waals surface area contributed by atoms with Gasteiger partial charge in [0, 0.05) is 32.0 Å². The highest BCUT2D eigenvalue weighted by Gasteiger charge is 2.37. The SMILES string of the molecule is COCc1nc(C)cc(N2CCC3(CCCC3)CC2)n1. The van der Waals surface area contributed by atoms with E-state index in [9.17, 15) is 0 Å². The van der Waals surface area contributed by atoms with E-state index in [1.165, 1.54) is 38.5 Å². The molecule has 20 heavy (non-hydrogen) atoms. The van der Waals surface area contributed by atoms with Gasteiger partial charge in [-0.3, -0.25) is 0 Å². The first-order chi connectivity index (χ1) is 9.71. The normalized spacial score (nSPS) is 21.6. The Bertz CT molecular complexity index is 459. The van der Waals surface area contributed by atoms with E-state index in [1.54, 1.807) is 7.11 Å². The molecule has 0 amide bonds. The van der Waals surface area contributed by atoms with Gasteiger partial charge in [-0.2, -0.15) is 0 Å². The Morgan fingerprint density at radius 1 is 1.15 bits per heavy atom. The quantitative estimate of drug-likeness (QED) is 0.849. The maximum Gasteiger partial charge on any atom is 0.156 e. The molecule has 1 saturated heterocycles. The van der Waals surface area contributed by atoms with Crippen LogP contribution < -0.4 is 4.90 Å². The summed E-state index contributed by atoms with van der Waals surface area (Å²) in [6, 6.07) is 2.10. The molecular formula is C16H25N3O. The van der Waals surface area contributed by atoms with Crippen molar-refractivity contribution in [2.24, 2.45) is 5.41 Å². The van der Waals surface area contributed by atoms with Crippen molar-refractivity contribution in [3.63, 3.8) is 0 Å². The summed E-state index contributed by atoms with van der Waals surface area (Å²) in [5, 5.41) is 0. The van der Waals surface area contributed by atoms with Gasteiger partial charge in [-0.05, 0) is 38.0 Å². The predicted octanol–water partition coefficient (Wildman–Crippen LogP) is 3.09. The molecule has 0 atom stereocenters. The van der Waals surface area contributed by atoms with E-state index in [2.05, 4.69) is 20.9 Å². The van der Waals surface area contributed by atoms with Crippen LogP contribution in [0.1, 0.15) is 50.0 Å². The number of hydrogen-bond acceptors (Lipinski definition) is 4. The highest BCUT2D eigenvalue weighted by Crippen LogP contribution is 2.46. The van der Waals surface area contributed by atoms with Crippen molar-refractivity contribution in [1.82, 2.24) is 9.97 Å². The summed E-state index contributed by atoms with van der Waals surface area (Å²) in [4.78, 5) is 11.5. The summed E-state index contributed by atoms with van der Waals surface area (Å²) >= 11 is 0. The van der Waals surface area contributed by atoms with Gasteiger partial charge in [0.1, 0.15) is 12.4 Å². The molecule has 3 rings (SSSR count). The van der Waals surface area contributed by atoms with Gasteiger partial charge in [0.25, 0.3) is 0 Å². The lowest BCUT2D eigenvalue weighted by Gasteiger charge is -2.40. The molecule has 4 nitrogen and oxygen atoms in total. The summed E-state index contributed by atoms with van der Waals surface area (Å²) in [7, 11) is 1.69. The third-order valence-electron chi connectivity index (χ3n) is 4.97. The second kappa shape index (κ2) is 5.68. The third kappa shape index (κ3) is 2.80. The molecule has 1 spiro atoms. The minimum absolute atomic E-state index is 0.493. The van der Waals surface area contributed by atoms with E-state index < -0.39 is 0 Å². The Morgan fingerprint density at radius 2 is 1.85 bits per heavy atom. The first-order valence-corrected chi connectivity index (χ1v) is 7.79. The largest absolute Gasteiger partial charge is 0.377 e. The standard InChI is InChI=1S/C16H25N3O/c1-13-11-15(18-14(17-13)12-20-2)19-9-7-16(8-10-19)5-3-4-6-16/h11H,3-10,12H2,1-2H3. The average Bonchev–Trinajstić information content (AvgIpc) is 2.88. The van der Waals surface area contributed by atoms with Crippen molar-refractivity contribution in [2.45, 2.75) is 52.1 Å². The van der Waals surface area contributed by atoms with Gasteiger partial charge >= 0.3 is 0 Å². The lowest BCUT2D eigenvalue weighted by molar-refractivity contribution is 0.177. The molecule has 2 aliphatic rings. The Hall–Kier alpha value is -1.16. The van der Waals surface area contributed by atoms with Crippen LogP contribution in [0, 0.1) is 12.3 Å². The van der Waals surface area contributed by atoms with Gasteiger partial charge in [0.05, 0.1) is 0 Å². The molecule has 0 bridgehead atoms. The Balaban J connectivity index is 1.71. The predicted molar refractivity (Wildman–Crippen MR) is 79.8 cm³/mol. The molecule has 4 heteroatoms. The van der Waals surface area contributed by atoms with Gasteiger partial charge in [0.15, 0.2) is 5.82 Å². The minimum Gasteiger partial charge on any atom is -0.377 e. The van der Waals surface area contributed by atoms with Crippen molar-refractivity contribution in [3.05, 3.63) is 17.6 Å². The van der Waals surface area contributed by atoms with Crippen LogP contribution >= 0.6 is 0 Å². The summed E-state index contributed by atoms with van der Waals surface area (Å²) in [6.07, 6.45) is 8.41. The van der Waals surface area contributed by atoms with Gasteiger partial charge in [-0.15, -0.1) is 0 Å². The van der Waals surface area contributed by atoms with Crippen LogP contribution in [0.15, 0.2) is 6.07 Å². The van der Waals surface area contributed by atoms with Crippen LogP contribution in [0.5, 0.6) is 0 Å². The molecule has 1 aromatic rings. The fourth-order valence-corrected chi connectivity index (χ4v) is 3.80. The smallest absolute Gasteiger partial charge is 0.156 e. The molecule has 0 unspecified atom stereocenters. The van der Waals surface area contributed by atoms with Crippen LogP contribution in [0.2, 0.25) is 0 Å². The number of aryl methyl sites for hydroxylation is 1. The summed E-state index contributed by atoms with van der Waals surface area (Å²) in [5.74, 6) is 1.88. The average molecular weight is 275 g/mol. The number of nitrogens with zero attached hydrogens (tertiary/aromatic N) is 3. The van der Waals surface area contributed by atoms with Crippen molar-refractivity contribution in [1.29, 1.82) is 0 Å². The summed E-state index contributed by atoms with van der Waals surface area (Å²) < 4.78 is 5.16. The van der Waals surface area contributed by atoms with E-state index in [-0.39, 0.29) is 0 Å². The van der Waals surface area contributed by atoms with Crippen LogP contribution in [0.25, 0.3) is 0 Å². The van der Waals surface area contributed by atoms with Crippen LogP contribution in [-0.2, 0) is 11.3 Å². The van der Waals surface area contributed by atoms with Gasteiger partial charge in [-0.1, -0.05) is 12.8 Å². The maximum atomic E-state index is 5.16. The topological polar surface area (TPSA) is 38.2 Å². The molecule has 1 aliphatic heterocycles. The molecule has 1 aliphatic carbocycles.